The van der Waals surface area contributed by atoms with Gasteiger partial charge in [0.2, 0.25) is 5.91 Å². The lowest BCUT2D eigenvalue weighted by atomic mass is 10.1. The van der Waals surface area contributed by atoms with Gasteiger partial charge < -0.3 is 14.8 Å². The third kappa shape index (κ3) is 4.22. The van der Waals surface area contributed by atoms with Crippen molar-refractivity contribution in [3.8, 4) is 11.5 Å². The summed E-state index contributed by atoms with van der Waals surface area (Å²) in [7, 11) is 1.62. The monoisotopic (exact) mass is 315 g/mol. The minimum atomic E-state index is -0.0177. The van der Waals surface area contributed by atoms with Crippen LogP contribution >= 0.6 is 15.9 Å². The highest BCUT2D eigenvalue weighted by molar-refractivity contribution is 9.09. The molecule has 0 unspecified atom stereocenters. The van der Waals surface area contributed by atoms with Crippen molar-refractivity contribution in [1.29, 1.82) is 0 Å². The summed E-state index contributed by atoms with van der Waals surface area (Å²) in [6.07, 6.45) is 0.714. The Morgan fingerprint density at radius 3 is 2.83 bits per heavy atom. The lowest BCUT2D eigenvalue weighted by Crippen LogP contribution is -2.26. The molecule has 0 aliphatic heterocycles. The van der Waals surface area contributed by atoms with Crippen molar-refractivity contribution < 1.29 is 14.3 Å². The van der Waals surface area contributed by atoms with Gasteiger partial charge in [-0.25, -0.2) is 0 Å². The van der Waals surface area contributed by atoms with Gasteiger partial charge in [-0.05, 0) is 25.0 Å². The number of ether oxygens (including phenoxy) is 2. The van der Waals surface area contributed by atoms with Crippen molar-refractivity contribution in [2.45, 2.75) is 13.3 Å². The highest BCUT2D eigenvalue weighted by Crippen LogP contribution is 2.31. The number of amides is 1. The van der Waals surface area contributed by atoms with Crippen molar-refractivity contribution in [2.24, 2.45) is 0 Å². The number of carbonyl (C=O) groups excluding carboxylic acids is 1. The average molecular weight is 316 g/mol. The van der Waals surface area contributed by atoms with E-state index >= 15 is 0 Å². The normalized spacial score (nSPS) is 9.94. The van der Waals surface area contributed by atoms with Crippen LogP contribution in [0, 0.1) is 0 Å². The van der Waals surface area contributed by atoms with Crippen molar-refractivity contribution in [2.75, 3.05) is 25.6 Å². The predicted octanol–water partition coefficient (Wildman–Crippen LogP) is 2.15. The summed E-state index contributed by atoms with van der Waals surface area (Å²) >= 11 is 3.11. The summed E-state index contributed by atoms with van der Waals surface area (Å²) in [6, 6.07) is 5.77. The number of methoxy groups -OCH3 is 1. The molecule has 0 spiro atoms. The van der Waals surface area contributed by atoms with Crippen LogP contribution in [0.5, 0.6) is 11.5 Å². The van der Waals surface area contributed by atoms with Gasteiger partial charge in [-0.1, -0.05) is 28.1 Å². The van der Waals surface area contributed by atoms with Gasteiger partial charge in [-0.3, -0.25) is 4.79 Å². The average Bonchev–Trinajstić information content (AvgIpc) is 2.40. The lowest BCUT2D eigenvalue weighted by Gasteiger charge is -2.14. The van der Waals surface area contributed by atoms with E-state index < -0.39 is 0 Å². The van der Waals surface area contributed by atoms with Gasteiger partial charge in [-0.2, -0.15) is 0 Å². The molecule has 0 saturated heterocycles. The fourth-order valence-electron chi connectivity index (χ4n) is 1.61. The van der Waals surface area contributed by atoms with Crippen molar-refractivity contribution >= 4 is 21.8 Å². The fourth-order valence-corrected chi connectivity index (χ4v) is 1.81. The molecule has 0 heterocycles. The second-order valence-electron chi connectivity index (χ2n) is 3.62. The molecule has 0 bridgehead atoms. The summed E-state index contributed by atoms with van der Waals surface area (Å²) in [5.74, 6) is 1.47. The van der Waals surface area contributed by atoms with Gasteiger partial charge in [0, 0.05) is 6.54 Å². The summed E-state index contributed by atoms with van der Waals surface area (Å²) < 4.78 is 10.9. The van der Waals surface area contributed by atoms with Crippen LogP contribution in [0.4, 0.5) is 0 Å². The van der Waals surface area contributed by atoms with Crippen molar-refractivity contribution in [3.63, 3.8) is 0 Å². The molecule has 18 heavy (non-hydrogen) atoms. The van der Waals surface area contributed by atoms with Crippen LogP contribution in [0.3, 0.4) is 0 Å². The van der Waals surface area contributed by atoms with Gasteiger partial charge in [0.15, 0.2) is 11.5 Å². The van der Waals surface area contributed by atoms with E-state index in [1.165, 1.54) is 0 Å². The number of para-hydroxylation sites is 1. The van der Waals surface area contributed by atoms with E-state index in [1.54, 1.807) is 7.11 Å². The lowest BCUT2D eigenvalue weighted by molar-refractivity contribution is -0.118. The number of nitrogens with one attached hydrogen (secondary N) is 1. The van der Waals surface area contributed by atoms with E-state index in [9.17, 15) is 4.79 Å². The summed E-state index contributed by atoms with van der Waals surface area (Å²) in [6.45, 7) is 3.10. The van der Waals surface area contributed by atoms with Gasteiger partial charge in [-0.15, -0.1) is 0 Å². The molecular formula is C13H18BrNO3. The highest BCUT2D eigenvalue weighted by atomic mass is 79.9. The molecule has 0 aliphatic carbocycles. The van der Waals surface area contributed by atoms with Gasteiger partial charge in [0.05, 0.1) is 19.0 Å². The number of hydrogen-bond donors (Lipinski definition) is 1. The van der Waals surface area contributed by atoms with Crippen molar-refractivity contribution in [1.82, 2.24) is 5.32 Å². The molecule has 0 aliphatic rings. The van der Waals surface area contributed by atoms with Crippen LogP contribution < -0.4 is 14.8 Å². The predicted molar refractivity (Wildman–Crippen MR) is 74.7 cm³/mol. The quantitative estimate of drug-likeness (QED) is 0.784. The number of halogens is 1. The maximum absolute atomic E-state index is 11.1. The number of alkyl halides is 1. The zero-order chi connectivity index (χ0) is 13.4. The summed E-state index contributed by atoms with van der Waals surface area (Å²) in [5, 5.41) is 3.13. The molecule has 1 amide bonds. The highest BCUT2D eigenvalue weighted by Gasteiger charge is 2.10. The van der Waals surface area contributed by atoms with Crippen LogP contribution in [0.25, 0.3) is 0 Å². The third-order valence-electron chi connectivity index (χ3n) is 2.41. The molecule has 100 valence electrons. The Morgan fingerprint density at radius 2 is 2.22 bits per heavy atom. The first kappa shape index (κ1) is 14.8. The standard InChI is InChI=1S/C13H18BrNO3/c1-3-18-13-10(5-4-6-11(13)17-2)7-8-15-12(16)9-14/h4-6H,3,7-9H2,1-2H3,(H,15,16). The Morgan fingerprint density at radius 1 is 1.44 bits per heavy atom. The van der Waals surface area contributed by atoms with E-state index in [-0.39, 0.29) is 5.91 Å². The molecule has 1 aromatic carbocycles. The Bertz CT molecular complexity index is 396. The molecule has 4 nitrogen and oxygen atoms in total. The van der Waals surface area contributed by atoms with E-state index in [4.69, 9.17) is 9.47 Å². The molecular weight excluding hydrogens is 298 g/mol. The molecule has 1 rings (SSSR count). The fraction of sp³-hybridized carbons (Fsp3) is 0.462. The van der Waals surface area contributed by atoms with Crippen LogP contribution in [-0.2, 0) is 11.2 Å². The Kier molecular flexibility index (Phi) is 6.57. The molecule has 0 radical (unpaired) electrons. The molecule has 1 aromatic rings. The number of rotatable bonds is 7. The van der Waals surface area contributed by atoms with E-state index in [0.29, 0.717) is 24.9 Å². The molecule has 0 atom stereocenters. The second-order valence-corrected chi connectivity index (χ2v) is 4.18. The van der Waals surface area contributed by atoms with Crippen LogP contribution in [-0.4, -0.2) is 31.5 Å². The second kappa shape index (κ2) is 7.97. The maximum Gasteiger partial charge on any atom is 0.230 e. The molecule has 0 fully saturated rings. The zero-order valence-electron chi connectivity index (χ0n) is 10.7. The number of carbonyl (C=O) groups is 1. The van der Waals surface area contributed by atoms with Crippen LogP contribution in [0.15, 0.2) is 18.2 Å². The molecule has 1 N–H and O–H groups in total. The van der Waals surface area contributed by atoms with E-state index in [1.807, 2.05) is 25.1 Å². The minimum absolute atomic E-state index is 0.0177. The third-order valence-corrected chi connectivity index (χ3v) is 2.92. The van der Waals surface area contributed by atoms with Gasteiger partial charge in [0.1, 0.15) is 0 Å². The number of hydrogen-bond acceptors (Lipinski definition) is 3. The summed E-state index contributed by atoms with van der Waals surface area (Å²) in [5.41, 5.74) is 1.03. The van der Waals surface area contributed by atoms with Crippen molar-refractivity contribution in [3.05, 3.63) is 23.8 Å². The first-order valence-electron chi connectivity index (χ1n) is 5.84. The SMILES string of the molecule is CCOc1c(CCNC(=O)CBr)cccc1OC. The maximum atomic E-state index is 11.1. The van der Waals surface area contributed by atoms with Crippen LogP contribution in [0.1, 0.15) is 12.5 Å². The van der Waals surface area contributed by atoms with Gasteiger partial charge >= 0.3 is 0 Å². The zero-order valence-corrected chi connectivity index (χ0v) is 12.2. The topological polar surface area (TPSA) is 47.6 Å². The largest absolute Gasteiger partial charge is 0.493 e. The molecule has 5 heteroatoms. The Balaban J connectivity index is 2.71. The van der Waals surface area contributed by atoms with E-state index in [0.717, 1.165) is 17.1 Å². The van der Waals surface area contributed by atoms with E-state index in [2.05, 4.69) is 21.2 Å². The molecule has 0 aromatic heterocycles. The first-order chi connectivity index (χ1) is 8.72. The number of benzene rings is 1. The molecule has 0 saturated carbocycles. The minimum Gasteiger partial charge on any atom is -0.493 e. The first-order valence-corrected chi connectivity index (χ1v) is 6.96. The Labute approximate surface area is 116 Å². The van der Waals surface area contributed by atoms with Gasteiger partial charge in [0.25, 0.3) is 0 Å². The smallest absolute Gasteiger partial charge is 0.230 e. The Hall–Kier alpha value is -1.23. The van der Waals surface area contributed by atoms with Crippen LogP contribution in [0.2, 0.25) is 0 Å². The summed E-state index contributed by atoms with van der Waals surface area (Å²) in [4.78, 5) is 11.1.